The highest BCUT2D eigenvalue weighted by Gasteiger charge is 2.22. The van der Waals surface area contributed by atoms with Gasteiger partial charge in [0.1, 0.15) is 17.3 Å². The van der Waals surface area contributed by atoms with Crippen molar-refractivity contribution in [3.63, 3.8) is 0 Å². The number of guanidine groups is 1. The molecule has 3 heterocycles. The lowest BCUT2D eigenvalue weighted by atomic mass is 10.0. The number of furan rings is 1. The molecule has 3 aromatic rings. The molecule has 2 aromatic heterocycles. The van der Waals surface area contributed by atoms with Crippen LogP contribution in [0.5, 0.6) is 5.75 Å². The summed E-state index contributed by atoms with van der Waals surface area (Å²) in [5.74, 6) is 3.56. The Bertz CT molecular complexity index is 1000. The standard InChI is InChI=1S/C24H29N5O2/c1-29(2)23-11-5-7-18(27-23)17-26-24(25-14-12-19-8-6-15-30-19)28-21-13-16-31-22-10-4-3-9-20(21)22/h3-11,15,21H,12-14,16-17H2,1-2H3,(H2,25,26,28). The largest absolute Gasteiger partial charge is 0.493 e. The van der Waals surface area contributed by atoms with Gasteiger partial charge in [0.05, 0.1) is 31.2 Å². The zero-order valence-corrected chi connectivity index (χ0v) is 18.0. The number of benzene rings is 1. The van der Waals surface area contributed by atoms with Crippen molar-refractivity contribution in [1.29, 1.82) is 0 Å². The molecule has 0 bridgehead atoms. The van der Waals surface area contributed by atoms with Gasteiger partial charge in [-0.05, 0) is 30.3 Å². The molecule has 0 saturated heterocycles. The number of hydrogen-bond donors (Lipinski definition) is 2. The molecule has 1 aromatic carbocycles. The van der Waals surface area contributed by atoms with Crippen LogP contribution in [-0.4, -0.2) is 38.2 Å². The summed E-state index contributed by atoms with van der Waals surface area (Å²) in [4.78, 5) is 11.5. The summed E-state index contributed by atoms with van der Waals surface area (Å²) >= 11 is 0. The summed E-state index contributed by atoms with van der Waals surface area (Å²) < 4.78 is 11.2. The number of nitrogens with zero attached hydrogens (tertiary/aromatic N) is 3. The van der Waals surface area contributed by atoms with Crippen LogP contribution in [0.2, 0.25) is 0 Å². The van der Waals surface area contributed by atoms with Crippen LogP contribution < -0.4 is 20.3 Å². The normalized spacial score (nSPS) is 15.7. The highest BCUT2D eigenvalue weighted by atomic mass is 16.5. The van der Waals surface area contributed by atoms with Gasteiger partial charge in [0, 0.05) is 39.0 Å². The Labute approximate surface area is 183 Å². The first kappa shape index (κ1) is 20.8. The predicted octanol–water partition coefficient (Wildman–Crippen LogP) is 3.54. The number of aromatic nitrogens is 1. The van der Waals surface area contributed by atoms with Crippen LogP contribution in [0.4, 0.5) is 5.82 Å². The van der Waals surface area contributed by atoms with Crippen LogP contribution in [0.25, 0.3) is 0 Å². The van der Waals surface area contributed by atoms with Crippen LogP contribution >= 0.6 is 0 Å². The third-order valence-corrected chi connectivity index (χ3v) is 5.16. The van der Waals surface area contributed by atoms with E-state index in [1.165, 1.54) is 0 Å². The Morgan fingerprint density at radius 3 is 2.87 bits per heavy atom. The number of hydrogen-bond acceptors (Lipinski definition) is 5. The van der Waals surface area contributed by atoms with Gasteiger partial charge < -0.3 is 24.7 Å². The lowest BCUT2D eigenvalue weighted by Crippen LogP contribution is -2.42. The third-order valence-electron chi connectivity index (χ3n) is 5.16. The summed E-state index contributed by atoms with van der Waals surface area (Å²) in [6.45, 7) is 1.89. The maximum absolute atomic E-state index is 5.80. The maximum Gasteiger partial charge on any atom is 0.192 e. The Balaban J connectivity index is 1.48. The number of rotatable bonds is 7. The van der Waals surface area contributed by atoms with Gasteiger partial charge in [-0.3, -0.25) is 0 Å². The average Bonchev–Trinajstić information content (AvgIpc) is 3.31. The summed E-state index contributed by atoms with van der Waals surface area (Å²) in [6, 6.07) is 18.2. The fourth-order valence-corrected chi connectivity index (χ4v) is 3.53. The zero-order chi connectivity index (χ0) is 21.5. The maximum atomic E-state index is 5.80. The minimum atomic E-state index is 0.140. The molecule has 0 spiro atoms. The van der Waals surface area contributed by atoms with E-state index in [4.69, 9.17) is 14.1 Å². The monoisotopic (exact) mass is 419 g/mol. The van der Waals surface area contributed by atoms with Crippen LogP contribution in [0, 0.1) is 0 Å². The smallest absolute Gasteiger partial charge is 0.192 e. The molecule has 1 atom stereocenters. The van der Waals surface area contributed by atoms with Crippen LogP contribution in [0.15, 0.2) is 70.3 Å². The summed E-state index contributed by atoms with van der Waals surface area (Å²) in [5, 5.41) is 7.03. The first-order chi connectivity index (χ1) is 15.2. The SMILES string of the molecule is CN(C)c1cccc(CN=C(NCCc2ccco2)NC2CCOc3ccccc32)n1. The van der Waals surface area contributed by atoms with E-state index in [1.54, 1.807) is 6.26 Å². The Hall–Kier alpha value is -3.48. The van der Waals surface area contributed by atoms with Gasteiger partial charge in [0.2, 0.25) is 0 Å². The zero-order valence-electron chi connectivity index (χ0n) is 18.0. The molecule has 31 heavy (non-hydrogen) atoms. The van der Waals surface area contributed by atoms with Gasteiger partial charge in [0.25, 0.3) is 0 Å². The molecular formula is C24H29N5O2. The van der Waals surface area contributed by atoms with Gasteiger partial charge in [-0.1, -0.05) is 24.3 Å². The topological polar surface area (TPSA) is 74.9 Å². The Kier molecular flexibility index (Phi) is 6.72. The molecule has 0 saturated carbocycles. The second-order valence-corrected chi connectivity index (χ2v) is 7.67. The van der Waals surface area contributed by atoms with E-state index >= 15 is 0 Å². The average molecular weight is 420 g/mol. The van der Waals surface area contributed by atoms with Gasteiger partial charge in [-0.25, -0.2) is 9.98 Å². The molecule has 162 valence electrons. The fraction of sp³-hybridized carbons (Fsp3) is 0.333. The molecule has 7 heteroatoms. The quantitative estimate of drug-likeness (QED) is 0.451. The first-order valence-corrected chi connectivity index (χ1v) is 10.6. The van der Waals surface area contributed by atoms with Crippen molar-refractivity contribution in [3.05, 3.63) is 77.9 Å². The number of para-hydroxylation sites is 1. The second kappa shape index (κ2) is 10.0. The lowest BCUT2D eigenvalue weighted by Gasteiger charge is -2.28. The predicted molar refractivity (Wildman–Crippen MR) is 123 cm³/mol. The van der Waals surface area contributed by atoms with Crippen molar-refractivity contribution < 1.29 is 9.15 Å². The first-order valence-electron chi connectivity index (χ1n) is 10.6. The molecule has 0 radical (unpaired) electrons. The van der Waals surface area contributed by atoms with E-state index in [9.17, 15) is 0 Å². The van der Waals surface area contributed by atoms with E-state index in [-0.39, 0.29) is 6.04 Å². The molecule has 0 amide bonds. The van der Waals surface area contributed by atoms with Crippen LogP contribution in [-0.2, 0) is 13.0 Å². The molecule has 2 N–H and O–H groups in total. The minimum absolute atomic E-state index is 0.140. The van der Waals surface area contributed by atoms with Crippen molar-refractivity contribution >= 4 is 11.8 Å². The number of nitrogens with one attached hydrogen (secondary N) is 2. The Morgan fingerprint density at radius 1 is 1.13 bits per heavy atom. The van der Waals surface area contributed by atoms with E-state index < -0.39 is 0 Å². The molecule has 4 rings (SSSR count). The molecule has 7 nitrogen and oxygen atoms in total. The highest BCUT2D eigenvalue weighted by molar-refractivity contribution is 5.80. The number of ether oxygens (including phenoxy) is 1. The third kappa shape index (κ3) is 5.57. The number of anilines is 1. The van der Waals surface area contributed by atoms with Crippen molar-refractivity contribution in [1.82, 2.24) is 15.6 Å². The number of pyridine rings is 1. The van der Waals surface area contributed by atoms with E-state index in [2.05, 4.69) is 21.7 Å². The summed E-state index contributed by atoms with van der Waals surface area (Å²) in [5.41, 5.74) is 2.08. The van der Waals surface area contributed by atoms with Crippen molar-refractivity contribution in [3.8, 4) is 5.75 Å². The van der Waals surface area contributed by atoms with Gasteiger partial charge in [0.15, 0.2) is 5.96 Å². The van der Waals surface area contributed by atoms with Crippen LogP contribution in [0.3, 0.4) is 0 Å². The number of aliphatic imine (C=N–C) groups is 1. The molecule has 1 aliphatic heterocycles. The molecular weight excluding hydrogens is 390 g/mol. The summed E-state index contributed by atoms with van der Waals surface area (Å²) in [7, 11) is 3.97. The van der Waals surface area contributed by atoms with E-state index in [0.29, 0.717) is 13.2 Å². The van der Waals surface area contributed by atoms with Gasteiger partial charge in [-0.15, -0.1) is 0 Å². The van der Waals surface area contributed by atoms with Crippen LogP contribution in [0.1, 0.15) is 29.5 Å². The van der Waals surface area contributed by atoms with Gasteiger partial charge >= 0.3 is 0 Å². The molecule has 0 fully saturated rings. The molecule has 0 aliphatic carbocycles. The minimum Gasteiger partial charge on any atom is -0.493 e. The lowest BCUT2D eigenvalue weighted by molar-refractivity contribution is 0.261. The number of fused-ring (bicyclic) bond motifs is 1. The summed E-state index contributed by atoms with van der Waals surface area (Å²) in [6.07, 6.45) is 3.36. The fourth-order valence-electron chi connectivity index (χ4n) is 3.53. The van der Waals surface area contributed by atoms with E-state index in [0.717, 1.165) is 53.9 Å². The Morgan fingerprint density at radius 2 is 2.03 bits per heavy atom. The van der Waals surface area contributed by atoms with Gasteiger partial charge in [-0.2, -0.15) is 0 Å². The molecule has 1 unspecified atom stereocenters. The van der Waals surface area contributed by atoms with Crippen molar-refractivity contribution in [2.75, 3.05) is 32.1 Å². The second-order valence-electron chi connectivity index (χ2n) is 7.67. The molecule has 1 aliphatic rings. The highest BCUT2D eigenvalue weighted by Crippen LogP contribution is 2.31. The van der Waals surface area contributed by atoms with E-state index in [1.807, 2.05) is 67.5 Å². The van der Waals surface area contributed by atoms with Crippen molar-refractivity contribution in [2.24, 2.45) is 4.99 Å². The van der Waals surface area contributed by atoms with Crippen molar-refractivity contribution in [2.45, 2.75) is 25.4 Å².